The third-order valence-corrected chi connectivity index (χ3v) is 8.46. The molecule has 4 heteroatoms. The molecule has 0 aromatic heterocycles. The van der Waals surface area contributed by atoms with E-state index in [1.807, 2.05) is 0 Å². The lowest BCUT2D eigenvalue weighted by Crippen LogP contribution is -2.35. The van der Waals surface area contributed by atoms with Crippen LogP contribution in [0.25, 0.3) is 0 Å². The Morgan fingerprint density at radius 1 is 0.905 bits per heavy atom. The molecule has 2 aliphatic rings. The Kier molecular flexibility index (Phi) is 7.19. The standard InChI is InChI=1S/C17H34O3Si/c1-18-21(3,19-2)13-9-7-5-4-6-8-10-15-11-12-16-17(14-15)20-16/h15-17H,4-14H2,1-3H3. The fourth-order valence-corrected chi connectivity index (χ4v) is 5.09. The molecule has 1 saturated heterocycles. The molecule has 1 heterocycles. The van der Waals surface area contributed by atoms with E-state index in [1.54, 1.807) is 14.2 Å². The van der Waals surface area contributed by atoms with E-state index >= 15 is 0 Å². The molecule has 0 spiro atoms. The molecule has 0 N–H and O–H groups in total. The smallest absolute Gasteiger partial charge is 0.334 e. The van der Waals surface area contributed by atoms with E-state index in [0.29, 0.717) is 12.2 Å². The van der Waals surface area contributed by atoms with Crippen LogP contribution in [-0.4, -0.2) is 35.0 Å². The summed E-state index contributed by atoms with van der Waals surface area (Å²) in [5, 5.41) is 0. The third-order valence-electron chi connectivity index (χ3n) is 5.47. The summed E-state index contributed by atoms with van der Waals surface area (Å²) in [4.78, 5) is 0. The largest absolute Gasteiger partial charge is 0.398 e. The Morgan fingerprint density at radius 2 is 1.57 bits per heavy atom. The first-order valence-electron chi connectivity index (χ1n) is 8.92. The highest BCUT2D eigenvalue weighted by Crippen LogP contribution is 2.41. The topological polar surface area (TPSA) is 31.0 Å². The first-order valence-corrected chi connectivity index (χ1v) is 11.4. The van der Waals surface area contributed by atoms with Crippen molar-refractivity contribution in [3.8, 4) is 0 Å². The van der Waals surface area contributed by atoms with Crippen LogP contribution >= 0.6 is 0 Å². The Labute approximate surface area is 132 Å². The molecule has 0 amide bonds. The summed E-state index contributed by atoms with van der Waals surface area (Å²) in [7, 11) is 1.77. The molecule has 124 valence electrons. The average molecular weight is 315 g/mol. The summed E-state index contributed by atoms with van der Waals surface area (Å²) >= 11 is 0. The van der Waals surface area contributed by atoms with E-state index in [4.69, 9.17) is 13.6 Å². The SMILES string of the molecule is CO[Si](C)(CCCCCCCCC1CCC2OC2C1)OC. The van der Waals surface area contributed by atoms with Crippen LogP contribution in [0, 0.1) is 5.92 Å². The Hall–Kier alpha value is 0.0969. The molecule has 3 atom stereocenters. The van der Waals surface area contributed by atoms with Gasteiger partial charge in [-0.05, 0) is 37.8 Å². The molecule has 2 fully saturated rings. The minimum absolute atomic E-state index is 0.656. The fraction of sp³-hybridized carbons (Fsp3) is 1.00. The molecule has 3 unspecified atom stereocenters. The van der Waals surface area contributed by atoms with Crippen LogP contribution in [0.15, 0.2) is 0 Å². The molecular weight excluding hydrogens is 280 g/mol. The van der Waals surface area contributed by atoms with E-state index in [1.165, 1.54) is 64.2 Å². The van der Waals surface area contributed by atoms with Gasteiger partial charge in [-0.1, -0.05) is 44.9 Å². The second kappa shape index (κ2) is 8.66. The zero-order valence-corrected chi connectivity index (χ0v) is 15.2. The second-order valence-corrected chi connectivity index (χ2v) is 10.7. The fourth-order valence-electron chi connectivity index (χ4n) is 3.62. The van der Waals surface area contributed by atoms with Crippen LogP contribution < -0.4 is 0 Å². The maximum absolute atomic E-state index is 5.61. The lowest BCUT2D eigenvalue weighted by atomic mass is 9.85. The summed E-state index contributed by atoms with van der Waals surface area (Å²) in [6.07, 6.45) is 15.0. The minimum Gasteiger partial charge on any atom is -0.398 e. The number of epoxide rings is 1. The maximum atomic E-state index is 5.61. The number of ether oxygens (including phenoxy) is 1. The van der Waals surface area contributed by atoms with Crippen molar-refractivity contribution in [2.24, 2.45) is 5.92 Å². The predicted molar refractivity (Wildman–Crippen MR) is 88.8 cm³/mol. The Bertz CT molecular complexity index is 294. The number of hydrogen-bond acceptors (Lipinski definition) is 3. The summed E-state index contributed by atoms with van der Waals surface area (Å²) in [6.45, 7) is 2.16. The highest BCUT2D eigenvalue weighted by molar-refractivity contribution is 6.65. The molecule has 0 radical (unpaired) electrons. The van der Waals surface area contributed by atoms with Gasteiger partial charge in [-0.2, -0.15) is 0 Å². The number of hydrogen-bond donors (Lipinski definition) is 0. The normalized spacial score (nSPS) is 28.4. The Balaban J connectivity index is 1.38. The van der Waals surface area contributed by atoms with Crippen molar-refractivity contribution < 1.29 is 13.6 Å². The van der Waals surface area contributed by atoms with E-state index in [0.717, 1.165) is 12.0 Å². The molecule has 3 nitrogen and oxygen atoms in total. The molecule has 1 saturated carbocycles. The molecule has 0 aromatic carbocycles. The van der Waals surface area contributed by atoms with Gasteiger partial charge in [-0.15, -0.1) is 0 Å². The lowest BCUT2D eigenvalue weighted by Gasteiger charge is -2.22. The quantitative estimate of drug-likeness (QED) is 0.316. The van der Waals surface area contributed by atoms with E-state index in [2.05, 4.69) is 6.55 Å². The minimum atomic E-state index is -1.81. The summed E-state index contributed by atoms with van der Waals surface area (Å²) in [6, 6.07) is 1.13. The van der Waals surface area contributed by atoms with Gasteiger partial charge < -0.3 is 13.6 Å². The first kappa shape index (κ1) is 17.5. The van der Waals surface area contributed by atoms with E-state index in [-0.39, 0.29) is 0 Å². The van der Waals surface area contributed by atoms with Crippen molar-refractivity contribution in [1.82, 2.24) is 0 Å². The number of fused-ring (bicyclic) bond motifs is 1. The molecule has 0 aromatic rings. The zero-order chi connectivity index (χ0) is 15.1. The summed E-state index contributed by atoms with van der Waals surface area (Å²) in [5.74, 6) is 0.962. The van der Waals surface area contributed by atoms with Crippen molar-refractivity contribution in [2.45, 2.75) is 89.0 Å². The maximum Gasteiger partial charge on any atom is 0.334 e. The van der Waals surface area contributed by atoms with Gasteiger partial charge in [0.25, 0.3) is 0 Å². The monoisotopic (exact) mass is 314 g/mol. The van der Waals surface area contributed by atoms with Crippen LogP contribution in [0.2, 0.25) is 12.6 Å². The van der Waals surface area contributed by atoms with Crippen molar-refractivity contribution in [1.29, 1.82) is 0 Å². The van der Waals surface area contributed by atoms with Crippen LogP contribution in [0.5, 0.6) is 0 Å². The summed E-state index contributed by atoms with van der Waals surface area (Å²) in [5.41, 5.74) is 0. The van der Waals surface area contributed by atoms with Crippen molar-refractivity contribution in [3.05, 3.63) is 0 Å². The van der Waals surface area contributed by atoms with Crippen LogP contribution in [-0.2, 0) is 13.6 Å². The van der Waals surface area contributed by atoms with Crippen LogP contribution in [0.1, 0.15) is 64.2 Å². The molecule has 1 aliphatic carbocycles. The molecular formula is C17H34O3Si. The van der Waals surface area contributed by atoms with Gasteiger partial charge in [0.2, 0.25) is 0 Å². The Morgan fingerprint density at radius 3 is 2.24 bits per heavy atom. The molecule has 0 bridgehead atoms. The first-order chi connectivity index (χ1) is 10.2. The van der Waals surface area contributed by atoms with Gasteiger partial charge in [-0.3, -0.25) is 0 Å². The van der Waals surface area contributed by atoms with Gasteiger partial charge in [0, 0.05) is 14.2 Å². The third kappa shape index (κ3) is 6.01. The van der Waals surface area contributed by atoms with Crippen molar-refractivity contribution >= 4 is 8.56 Å². The second-order valence-electron chi connectivity index (χ2n) is 7.09. The molecule has 21 heavy (non-hydrogen) atoms. The predicted octanol–water partition coefficient (Wildman–Crippen LogP) is 4.65. The average Bonchev–Trinajstić information content (AvgIpc) is 3.28. The van der Waals surface area contributed by atoms with E-state index in [9.17, 15) is 0 Å². The van der Waals surface area contributed by atoms with Crippen molar-refractivity contribution in [3.63, 3.8) is 0 Å². The van der Waals surface area contributed by atoms with Gasteiger partial charge in [0.1, 0.15) is 0 Å². The zero-order valence-electron chi connectivity index (χ0n) is 14.2. The molecule has 1 aliphatic heterocycles. The van der Waals surface area contributed by atoms with Gasteiger partial charge in [0.15, 0.2) is 0 Å². The highest BCUT2D eigenvalue weighted by Gasteiger charge is 2.43. The lowest BCUT2D eigenvalue weighted by molar-refractivity contribution is 0.248. The van der Waals surface area contributed by atoms with Crippen molar-refractivity contribution in [2.75, 3.05) is 14.2 Å². The molecule has 2 rings (SSSR count). The van der Waals surface area contributed by atoms with Crippen LogP contribution in [0.3, 0.4) is 0 Å². The summed E-state index contributed by atoms with van der Waals surface area (Å²) < 4.78 is 16.6. The number of unbranched alkanes of at least 4 members (excludes halogenated alkanes) is 5. The van der Waals surface area contributed by atoms with Crippen LogP contribution in [0.4, 0.5) is 0 Å². The van der Waals surface area contributed by atoms with E-state index < -0.39 is 8.56 Å². The van der Waals surface area contributed by atoms with Gasteiger partial charge in [-0.25, -0.2) is 0 Å². The van der Waals surface area contributed by atoms with Gasteiger partial charge in [0.05, 0.1) is 12.2 Å². The number of rotatable bonds is 11. The highest BCUT2D eigenvalue weighted by atomic mass is 28.4. The van der Waals surface area contributed by atoms with Gasteiger partial charge >= 0.3 is 8.56 Å².